The average molecular weight is 245 g/mol. The van der Waals surface area contributed by atoms with Crippen molar-refractivity contribution in [2.24, 2.45) is 0 Å². The zero-order valence-corrected chi connectivity index (χ0v) is 10.7. The predicted molar refractivity (Wildman–Crippen MR) is 73.5 cm³/mol. The Balaban J connectivity index is 3.06. The molecule has 3 heteroatoms. The van der Waals surface area contributed by atoms with Crippen molar-refractivity contribution in [1.82, 2.24) is 4.90 Å². The SMILES string of the molecule is C=CCN(CC=C)C(C(=O)O)c1ccc(C)cc1. The summed E-state index contributed by atoms with van der Waals surface area (Å²) in [5.74, 6) is -0.859. The average Bonchev–Trinajstić information content (AvgIpc) is 2.32. The van der Waals surface area contributed by atoms with Gasteiger partial charge in [0.2, 0.25) is 0 Å². The van der Waals surface area contributed by atoms with E-state index in [1.165, 1.54) is 0 Å². The summed E-state index contributed by atoms with van der Waals surface area (Å²) in [4.78, 5) is 13.3. The van der Waals surface area contributed by atoms with Crippen LogP contribution in [0.5, 0.6) is 0 Å². The highest BCUT2D eigenvalue weighted by atomic mass is 16.4. The maximum Gasteiger partial charge on any atom is 0.325 e. The monoisotopic (exact) mass is 245 g/mol. The lowest BCUT2D eigenvalue weighted by molar-refractivity contribution is -0.143. The van der Waals surface area contributed by atoms with Gasteiger partial charge in [-0.15, -0.1) is 13.2 Å². The lowest BCUT2D eigenvalue weighted by Crippen LogP contribution is -2.34. The fraction of sp³-hybridized carbons (Fsp3) is 0.267. The van der Waals surface area contributed by atoms with E-state index < -0.39 is 12.0 Å². The third kappa shape index (κ3) is 3.57. The molecule has 3 nitrogen and oxygen atoms in total. The zero-order valence-electron chi connectivity index (χ0n) is 10.7. The van der Waals surface area contributed by atoms with Crippen molar-refractivity contribution in [1.29, 1.82) is 0 Å². The van der Waals surface area contributed by atoms with E-state index >= 15 is 0 Å². The summed E-state index contributed by atoms with van der Waals surface area (Å²) in [6.45, 7) is 10.3. The van der Waals surface area contributed by atoms with Gasteiger partial charge in [-0.2, -0.15) is 0 Å². The van der Waals surface area contributed by atoms with Gasteiger partial charge in [0.15, 0.2) is 0 Å². The standard InChI is InChI=1S/C15H19NO2/c1-4-10-16(11-5-2)14(15(17)18)13-8-6-12(3)7-9-13/h4-9,14H,1-2,10-11H2,3H3,(H,17,18). The molecule has 1 aromatic carbocycles. The highest BCUT2D eigenvalue weighted by Crippen LogP contribution is 2.21. The van der Waals surface area contributed by atoms with Gasteiger partial charge >= 0.3 is 5.97 Å². The first-order valence-corrected chi connectivity index (χ1v) is 5.85. The minimum absolute atomic E-state index is 0.511. The Morgan fingerprint density at radius 3 is 2.17 bits per heavy atom. The number of carbonyl (C=O) groups is 1. The maximum absolute atomic E-state index is 11.5. The first-order chi connectivity index (χ1) is 8.60. The van der Waals surface area contributed by atoms with E-state index in [4.69, 9.17) is 0 Å². The van der Waals surface area contributed by atoms with Crippen molar-refractivity contribution in [2.45, 2.75) is 13.0 Å². The molecule has 0 spiro atoms. The molecule has 1 N–H and O–H groups in total. The Morgan fingerprint density at radius 1 is 1.28 bits per heavy atom. The molecular formula is C15H19NO2. The van der Waals surface area contributed by atoms with Crippen LogP contribution >= 0.6 is 0 Å². The van der Waals surface area contributed by atoms with Gasteiger partial charge in [0.1, 0.15) is 6.04 Å². The molecule has 96 valence electrons. The van der Waals surface area contributed by atoms with Crippen LogP contribution in [0.1, 0.15) is 17.2 Å². The van der Waals surface area contributed by atoms with E-state index in [1.54, 1.807) is 12.2 Å². The van der Waals surface area contributed by atoms with Crippen molar-refractivity contribution in [2.75, 3.05) is 13.1 Å². The summed E-state index contributed by atoms with van der Waals surface area (Å²) in [6, 6.07) is 6.89. The van der Waals surface area contributed by atoms with Gasteiger partial charge in [-0.25, -0.2) is 0 Å². The van der Waals surface area contributed by atoms with Crippen LogP contribution in [0.25, 0.3) is 0 Å². The number of benzene rings is 1. The molecule has 0 bridgehead atoms. The Bertz CT molecular complexity index is 413. The topological polar surface area (TPSA) is 40.5 Å². The number of nitrogens with zero attached hydrogens (tertiary/aromatic N) is 1. The van der Waals surface area contributed by atoms with Crippen LogP contribution in [-0.2, 0) is 4.79 Å². The molecule has 1 rings (SSSR count). The van der Waals surface area contributed by atoms with E-state index in [-0.39, 0.29) is 0 Å². The largest absolute Gasteiger partial charge is 0.480 e. The van der Waals surface area contributed by atoms with Gasteiger partial charge < -0.3 is 5.11 Å². The van der Waals surface area contributed by atoms with Crippen molar-refractivity contribution in [3.05, 3.63) is 60.7 Å². The third-order valence-electron chi connectivity index (χ3n) is 2.72. The summed E-state index contributed by atoms with van der Waals surface area (Å²) in [6.07, 6.45) is 3.40. The van der Waals surface area contributed by atoms with Crippen molar-refractivity contribution < 1.29 is 9.90 Å². The molecule has 0 amide bonds. The quantitative estimate of drug-likeness (QED) is 0.751. The predicted octanol–water partition coefficient (Wildman–Crippen LogP) is 2.79. The van der Waals surface area contributed by atoms with Crippen LogP contribution in [0.4, 0.5) is 0 Å². The fourth-order valence-corrected chi connectivity index (χ4v) is 1.88. The Labute approximate surface area is 108 Å². The van der Waals surface area contributed by atoms with E-state index in [0.717, 1.165) is 11.1 Å². The molecule has 0 fully saturated rings. The van der Waals surface area contributed by atoms with Gasteiger partial charge in [-0.05, 0) is 12.5 Å². The molecule has 0 aliphatic heterocycles. The van der Waals surface area contributed by atoms with Crippen molar-refractivity contribution in [3.8, 4) is 0 Å². The summed E-state index contributed by atoms with van der Waals surface area (Å²) >= 11 is 0. The smallest absolute Gasteiger partial charge is 0.325 e. The lowest BCUT2D eigenvalue weighted by Gasteiger charge is -2.26. The van der Waals surface area contributed by atoms with E-state index in [1.807, 2.05) is 36.1 Å². The highest BCUT2D eigenvalue weighted by Gasteiger charge is 2.25. The minimum atomic E-state index is -0.859. The molecule has 1 unspecified atom stereocenters. The van der Waals surface area contributed by atoms with E-state index in [0.29, 0.717) is 13.1 Å². The number of carboxylic acid groups (broad SMARTS) is 1. The number of aliphatic carboxylic acids is 1. The van der Waals surface area contributed by atoms with Gasteiger partial charge in [-0.1, -0.05) is 42.0 Å². The Kier molecular flexibility index (Phi) is 5.33. The first kappa shape index (κ1) is 14.2. The molecule has 0 aliphatic rings. The normalized spacial score (nSPS) is 12.1. The molecule has 1 atom stereocenters. The van der Waals surface area contributed by atoms with Crippen LogP contribution in [-0.4, -0.2) is 29.1 Å². The van der Waals surface area contributed by atoms with Crippen LogP contribution in [0, 0.1) is 6.92 Å². The van der Waals surface area contributed by atoms with Crippen LogP contribution in [0.3, 0.4) is 0 Å². The molecule has 18 heavy (non-hydrogen) atoms. The minimum Gasteiger partial charge on any atom is -0.480 e. The summed E-state index contributed by atoms with van der Waals surface area (Å²) in [5.41, 5.74) is 1.89. The van der Waals surface area contributed by atoms with Crippen LogP contribution < -0.4 is 0 Å². The molecular weight excluding hydrogens is 226 g/mol. The Hall–Kier alpha value is -1.87. The van der Waals surface area contributed by atoms with Gasteiger partial charge in [0.25, 0.3) is 0 Å². The molecule has 0 radical (unpaired) electrons. The van der Waals surface area contributed by atoms with Crippen LogP contribution in [0.15, 0.2) is 49.6 Å². The van der Waals surface area contributed by atoms with E-state index in [2.05, 4.69) is 13.2 Å². The summed E-state index contributed by atoms with van der Waals surface area (Å²) in [5, 5.41) is 9.41. The molecule has 0 saturated carbocycles. The second-order valence-corrected chi connectivity index (χ2v) is 4.18. The first-order valence-electron chi connectivity index (χ1n) is 5.85. The number of rotatable bonds is 7. The number of hydrogen-bond donors (Lipinski definition) is 1. The van der Waals surface area contributed by atoms with Gasteiger partial charge in [0, 0.05) is 13.1 Å². The fourth-order valence-electron chi connectivity index (χ4n) is 1.88. The van der Waals surface area contributed by atoms with Gasteiger partial charge in [0.05, 0.1) is 0 Å². The summed E-state index contributed by atoms with van der Waals surface area (Å²) < 4.78 is 0. The maximum atomic E-state index is 11.5. The van der Waals surface area contributed by atoms with Crippen molar-refractivity contribution >= 4 is 5.97 Å². The van der Waals surface area contributed by atoms with E-state index in [9.17, 15) is 9.90 Å². The second-order valence-electron chi connectivity index (χ2n) is 4.18. The molecule has 0 aliphatic carbocycles. The lowest BCUT2D eigenvalue weighted by atomic mass is 10.0. The van der Waals surface area contributed by atoms with Crippen LogP contribution in [0.2, 0.25) is 0 Å². The second kappa shape index (κ2) is 6.77. The molecule has 0 heterocycles. The number of carboxylic acids is 1. The molecule has 1 aromatic rings. The third-order valence-corrected chi connectivity index (χ3v) is 2.72. The summed E-state index contributed by atoms with van der Waals surface area (Å²) in [7, 11) is 0. The number of hydrogen-bond acceptors (Lipinski definition) is 2. The Morgan fingerprint density at radius 2 is 1.78 bits per heavy atom. The van der Waals surface area contributed by atoms with Crippen molar-refractivity contribution in [3.63, 3.8) is 0 Å². The highest BCUT2D eigenvalue weighted by molar-refractivity contribution is 5.75. The van der Waals surface area contributed by atoms with Gasteiger partial charge in [-0.3, -0.25) is 9.69 Å². The molecule has 0 saturated heterocycles. The molecule has 0 aromatic heterocycles. The number of aryl methyl sites for hydroxylation is 1. The zero-order chi connectivity index (χ0) is 13.5.